The van der Waals surface area contributed by atoms with Crippen molar-refractivity contribution in [1.82, 2.24) is 19.5 Å². The molecule has 2 heterocycles. The summed E-state index contributed by atoms with van der Waals surface area (Å²) in [6, 6.07) is 2.70. The summed E-state index contributed by atoms with van der Waals surface area (Å²) in [5, 5.41) is 0.773. The van der Waals surface area contributed by atoms with Crippen LogP contribution in [0, 0.1) is 0 Å². The summed E-state index contributed by atoms with van der Waals surface area (Å²) < 4.78 is 7.62. The van der Waals surface area contributed by atoms with Crippen molar-refractivity contribution in [2.45, 2.75) is 25.4 Å². The first-order valence-electron chi connectivity index (χ1n) is 8.44. The third-order valence-corrected chi connectivity index (χ3v) is 5.04. The second kappa shape index (κ2) is 8.59. The first kappa shape index (κ1) is 20.1. The van der Waals surface area contributed by atoms with Crippen molar-refractivity contribution in [3.8, 4) is 5.75 Å². The fraction of sp³-hybridized carbons (Fsp3) is 0.294. The van der Waals surface area contributed by atoms with E-state index in [-0.39, 0.29) is 0 Å². The van der Waals surface area contributed by atoms with Crippen LogP contribution in [-0.2, 0) is 11.3 Å². The predicted octanol–water partition coefficient (Wildman–Crippen LogP) is 1.74. The minimum atomic E-state index is -0.695. The minimum absolute atomic E-state index is 0.295. The number of benzene rings is 1. The highest BCUT2D eigenvalue weighted by Crippen LogP contribution is 2.34. The number of fused-ring (bicyclic) bond motifs is 1. The van der Waals surface area contributed by atoms with Crippen LogP contribution in [0.3, 0.4) is 0 Å². The molecule has 0 saturated heterocycles. The molecule has 0 saturated carbocycles. The van der Waals surface area contributed by atoms with Crippen LogP contribution in [0.15, 0.2) is 24.8 Å². The van der Waals surface area contributed by atoms with Crippen molar-refractivity contribution in [3.05, 3.63) is 40.4 Å². The van der Waals surface area contributed by atoms with Crippen molar-refractivity contribution in [1.29, 1.82) is 0 Å². The number of hydrogen-bond acceptors (Lipinski definition) is 7. The molecule has 0 radical (unpaired) electrons. The normalized spacial score (nSPS) is 12.2. The van der Waals surface area contributed by atoms with Crippen LogP contribution in [0.2, 0.25) is 10.0 Å². The zero-order valence-corrected chi connectivity index (χ0v) is 16.3. The van der Waals surface area contributed by atoms with Crippen molar-refractivity contribution in [2.75, 3.05) is 12.3 Å². The number of halogens is 2. The second-order valence-electron chi connectivity index (χ2n) is 6.14. The SMILES string of the molecule is NC(=O)[C@H](N)CCCOc1ccc(Cl)c(Cl)c1Cn1cnc2c(N)ncnc21. The van der Waals surface area contributed by atoms with Crippen LogP contribution in [0.4, 0.5) is 5.82 Å². The van der Waals surface area contributed by atoms with Crippen molar-refractivity contribution in [2.24, 2.45) is 11.5 Å². The molecule has 28 heavy (non-hydrogen) atoms. The lowest BCUT2D eigenvalue weighted by Crippen LogP contribution is -2.36. The van der Waals surface area contributed by atoms with Gasteiger partial charge in [0.2, 0.25) is 5.91 Å². The van der Waals surface area contributed by atoms with E-state index in [4.69, 9.17) is 45.1 Å². The number of ether oxygens (including phenoxy) is 1. The van der Waals surface area contributed by atoms with Gasteiger partial charge in [-0.25, -0.2) is 15.0 Å². The van der Waals surface area contributed by atoms with Gasteiger partial charge in [0.25, 0.3) is 0 Å². The van der Waals surface area contributed by atoms with Gasteiger partial charge in [-0.05, 0) is 25.0 Å². The molecule has 0 aliphatic heterocycles. The van der Waals surface area contributed by atoms with Gasteiger partial charge in [0.15, 0.2) is 11.5 Å². The number of imidazole rings is 1. The van der Waals surface area contributed by atoms with Crippen LogP contribution in [0.1, 0.15) is 18.4 Å². The van der Waals surface area contributed by atoms with Gasteiger partial charge in [-0.15, -0.1) is 0 Å². The first-order chi connectivity index (χ1) is 13.4. The molecule has 0 bridgehead atoms. The smallest absolute Gasteiger partial charge is 0.234 e. The molecule has 0 spiro atoms. The highest BCUT2D eigenvalue weighted by molar-refractivity contribution is 6.42. The van der Waals surface area contributed by atoms with Gasteiger partial charge < -0.3 is 26.5 Å². The summed E-state index contributed by atoms with van der Waals surface area (Å²) in [6.45, 7) is 0.661. The maximum atomic E-state index is 11.0. The molecule has 11 heteroatoms. The summed E-state index contributed by atoms with van der Waals surface area (Å²) in [5.41, 5.74) is 18.4. The topological polar surface area (TPSA) is 148 Å². The van der Waals surface area contributed by atoms with Crippen LogP contribution in [-0.4, -0.2) is 38.1 Å². The molecule has 6 N–H and O–H groups in total. The van der Waals surface area contributed by atoms with E-state index in [2.05, 4.69) is 15.0 Å². The summed E-state index contributed by atoms with van der Waals surface area (Å²) in [4.78, 5) is 23.4. The van der Waals surface area contributed by atoms with E-state index >= 15 is 0 Å². The summed E-state index contributed by atoms with van der Waals surface area (Å²) >= 11 is 12.6. The number of anilines is 1. The number of hydrogen-bond donors (Lipinski definition) is 3. The number of rotatable bonds is 8. The van der Waals surface area contributed by atoms with E-state index in [1.54, 1.807) is 23.0 Å². The number of aromatic nitrogens is 4. The maximum Gasteiger partial charge on any atom is 0.234 e. The predicted molar refractivity (Wildman–Crippen MR) is 107 cm³/mol. The summed E-state index contributed by atoms with van der Waals surface area (Å²) in [7, 11) is 0. The number of nitrogens with two attached hydrogens (primary N) is 3. The zero-order chi connectivity index (χ0) is 20.3. The van der Waals surface area contributed by atoms with Gasteiger partial charge in [0, 0.05) is 5.56 Å². The average Bonchev–Trinajstić information content (AvgIpc) is 3.08. The van der Waals surface area contributed by atoms with Gasteiger partial charge >= 0.3 is 0 Å². The van der Waals surface area contributed by atoms with E-state index in [0.717, 1.165) is 0 Å². The van der Waals surface area contributed by atoms with Crippen molar-refractivity contribution >= 4 is 46.1 Å². The zero-order valence-electron chi connectivity index (χ0n) is 14.8. The van der Waals surface area contributed by atoms with E-state index in [0.29, 0.717) is 64.3 Å². The molecular weight excluding hydrogens is 405 g/mol. The van der Waals surface area contributed by atoms with Crippen LogP contribution in [0.5, 0.6) is 5.75 Å². The molecule has 2 aromatic heterocycles. The summed E-state index contributed by atoms with van der Waals surface area (Å²) in [5.74, 6) is 0.317. The van der Waals surface area contributed by atoms with Crippen molar-refractivity contribution < 1.29 is 9.53 Å². The monoisotopic (exact) mass is 423 g/mol. The van der Waals surface area contributed by atoms with Gasteiger partial charge in [0.1, 0.15) is 17.6 Å². The fourth-order valence-corrected chi connectivity index (χ4v) is 3.06. The Bertz CT molecular complexity index is 1010. The van der Waals surface area contributed by atoms with Crippen molar-refractivity contribution in [3.63, 3.8) is 0 Å². The molecule has 1 aromatic carbocycles. The third kappa shape index (κ3) is 4.27. The quantitative estimate of drug-likeness (QED) is 0.467. The van der Waals surface area contributed by atoms with E-state index in [1.165, 1.54) is 6.33 Å². The Morgan fingerprint density at radius 3 is 2.79 bits per heavy atom. The second-order valence-corrected chi connectivity index (χ2v) is 6.93. The molecule has 0 aliphatic rings. The van der Waals surface area contributed by atoms with Crippen LogP contribution < -0.4 is 21.9 Å². The fourth-order valence-electron chi connectivity index (χ4n) is 2.67. The standard InChI is InChI=1S/C17H19Cl2N7O2/c18-10-3-4-12(28-5-1-2-11(20)16(22)27)9(13(10)19)6-26-8-25-14-15(21)23-7-24-17(14)26/h3-4,7-8,11H,1-2,5-6,20H2,(H2,22,27)(H2,21,23,24)/t11-/m1/s1. The molecule has 3 rings (SSSR count). The summed E-state index contributed by atoms with van der Waals surface area (Å²) in [6.07, 6.45) is 3.95. The molecule has 1 amide bonds. The van der Waals surface area contributed by atoms with Gasteiger partial charge in [-0.1, -0.05) is 23.2 Å². The molecule has 0 aliphatic carbocycles. The lowest BCUT2D eigenvalue weighted by atomic mass is 10.1. The molecular formula is C17H19Cl2N7O2. The van der Waals surface area contributed by atoms with E-state index < -0.39 is 11.9 Å². The third-order valence-electron chi connectivity index (χ3n) is 4.19. The Morgan fingerprint density at radius 1 is 1.25 bits per heavy atom. The molecule has 9 nitrogen and oxygen atoms in total. The number of nitrogens with zero attached hydrogens (tertiary/aromatic N) is 4. The van der Waals surface area contributed by atoms with Gasteiger partial charge in [0.05, 0.1) is 35.6 Å². The lowest BCUT2D eigenvalue weighted by Gasteiger charge is -2.15. The van der Waals surface area contributed by atoms with Crippen LogP contribution >= 0.6 is 23.2 Å². The highest BCUT2D eigenvalue weighted by atomic mass is 35.5. The Hall–Kier alpha value is -2.62. The number of carbonyl (C=O) groups is 1. The van der Waals surface area contributed by atoms with E-state index in [1.807, 2.05) is 0 Å². The minimum Gasteiger partial charge on any atom is -0.493 e. The molecule has 1 atom stereocenters. The first-order valence-corrected chi connectivity index (χ1v) is 9.20. The number of amides is 1. The Labute approximate surface area is 170 Å². The molecule has 3 aromatic rings. The van der Waals surface area contributed by atoms with Gasteiger partial charge in [-0.3, -0.25) is 4.79 Å². The lowest BCUT2D eigenvalue weighted by molar-refractivity contribution is -0.119. The molecule has 0 fully saturated rings. The maximum absolute atomic E-state index is 11.0. The molecule has 148 valence electrons. The van der Waals surface area contributed by atoms with Gasteiger partial charge in [-0.2, -0.15) is 0 Å². The number of primary amides is 1. The number of nitrogen functional groups attached to an aromatic ring is 1. The molecule has 0 unspecified atom stereocenters. The van der Waals surface area contributed by atoms with E-state index in [9.17, 15) is 4.79 Å². The Morgan fingerprint density at radius 2 is 2.04 bits per heavy atom. The van der Waals surface area contributed by atoms with Crippen LogP contribution in [0.25, 0.3) is 11.2 Å². The largest absolute Gasteiger partial charge is 0.493 e. The highest BCUT2D eigenvalue weighted by Gasteiger charge is 2.16. The Balaban J connectivity index is 1.80. The Kier molecular flexibility index (Phi) is 6.18. The average molecular weight is 424 g/mol. The number of carbonyl (C=O) groups excluding carboxylic acids is 1.